The van der Waals surface area contributed by atoms with E-state index in [1.165, 1.54) is 18.2 Å². The zero-order valence-electron chi connectivity index (χ0n) is 18.0. The summed E-state index contributed by atoms with van der Waals surface area (Å²) in [5.41, 5.74) is 1.99. The number of thiazole rings is 1. The van der Waals surface area contributed by atoms with Gasteiger partial charge in [0.1, 0.15) is 5.52 Å². The summed E-state index contributed by atoms with van der Waals surface area (Å²) in [5, 5.41) is 0.0857. The molecule has 174 valence electrons. The number of nitrogens with zero attached hydrogens (tertiary/aromatic N) is 3. The van der Waals surface area contributed by atoms with Crippen LogP contribution in [0.5, 0.6) is 0 Å². The van der Waals surface area contributed by atoms with Crippen LogP contribution in [-0.4, -0.2) is 27.0 Å². The molecule has 3 aromatic carbocycles. The second-order valence-electron chi connectivity index (χ2n) is 8.05. The van der Waals surface area contributed by atoms with E-state index in [-0.39, 0.29) is 16.5 Å². The van der Waals surface area contributed by atoms with Gasteiger partial charge in [-0.3, -0.25) is 0 Å². The molecule has 5 rings (SSSR count). The van der Waals surface area contributed by atoms with E-state index in [1.54, 1.807) is 36.4 Å². The minimum atomic E-state index is -4.43. The Labute approximate surface area is 195 Å². The predicted molar refractivity (Wildman–Crippen MR) is 124 cm³/mol. The molecule has 0 saturated carbocycles. The van der Waals surface area contributed by atoms with Crippen molar-refractivity contribution in [2.75, 3.05) is 19.0 Å². The van der Waals surface area contributed by atoms with Gasteiger partial charge in [0.25, 0.3) is 5.90 Å². The van der Waals surface area contributed by atoms with Gasteiger partial charge in [0.05, 0.1) is 15.8 Å². The molecule has 1 aliphatic rings. The molecular formula is C23H17BF5N3OS. The summed E-state index contributed by atoms with van der Waals surface area (Å²) >= 11 is 1.07. The van der Waals surface area contributed by atoms with Crippen LogP contribution in [0.3, 0.4) is 0 Å². The summed E-state index contributed by atoms with van der Waals surface area (Å²) in [6.45, 7) is 0. The summed E-state index contributed by atoms with van der Waals surface area (Å²) in [4.78, 5) is 6.23. The first-order valence-corrected chi connectivity index (χ1v) is 11.1. The predicted octanol–water partition coefficient (Wildman–Crippen LogP) is 6.27. The molecule has 4 aromatic rings. The van der Waals surface area contributed by atoms with Gasteiger partial charge in [-0.05, 0) is 71.0 Å². The maximum atomic E-state index is 15.1. The number of hydrogen-bond acceptors (Lipinski definition) is 4. The lowest BCUT2D eigenvalue weighted by molar-refractivity contribution is -0.536. The van der Waals surface area contributed by atoms with E-state index in [9.17, 15) is 13.2 Å². The number of halogens is 5. The molecular weight excluding hydrogens is 472 g/mol. The lowest BCUT2D eigenvalue weighted by Gasteiger charge is -2.26. The molecule has 0 aliphatic carbocycles. The van der Waals surface area contributed by atoms with E-state index in [0.717, 1.165) is 33.6 Å². The van der Waals surface area contributed by atoms with Crippen molar-refractivity contribution in [1.29, 1.82) is 0 Å². The van der Waals surface area contributed by atoms with Crippen LogP contribution in [-0.2, 0) is 10.8 Å². The molecule has 0 spiro atoms. The molecule has 0 unspecified atom stereocenters. The van der Waals surface area contributed by atoms with Crippen LogP contribution in [0.1, 0.15) is 11.1 Å². The smallest absolute Gasteiger partial charge is 0.590 e. The molecule has 0 saturated heterocycles. The Morgan fingerprint density at radius 3 is 2.12 bits per heavy atom. The number of hydrogen-bond donors (Lipinski definition) is 0. The van der Waals surface area contributed by atoms with Crippen molar-refractivity contribution >= 4 is 45.3 Å². The van der Waals surface area contributed by atoms with Crippen LogP contribution in [0, 0.1) is 0 Å². The quantitative estimate of drug-likeness (QED) is 0.251. The van der Waals surface area contributed by atoms with Crippen molar-refractivity contribution in [3.05, 3.63) is 77.9 Å². The van der Waals surface area contributed by atoms with Crippen molar-refractivity contribution in [2.45, 2.75) is 6.18 Å². The summed E-state index contributed by atoms with van der Waals surface area (Å²) in [5.74, 6) is -0.162. The average Bonchev–Trinajstić information content (AvgIpc) is 3.17. The number of alkyl halides is 3. The van der Waals surface area contributed by atoms with Crippen molar-refractivity contribution in [2.24, 2.45) is 4.99 Å². The van der Waals surface area contributed by atoms with Crippen LogP contribution in [0.4, 0.5) is 32.6 Å². The van der Waals surface area contributed by atoms with E-state index >= 15 is 8.63 Å². The average molecular weight is 489 g/mol. The number of aliphatic imine (C=N–C) groups is 1. The number of rotatable bonds is 3. The van der Waals surface area contributed by atoms with Gasteiger partial charge in [-0.1, -0.05) is 18.2 Å². The van der Waals surface area contributed by atoms with Gasteiger partial charge in [-0.25, -0.2) is 0 Å². The molecule has 0 N–H and O–H groups in total. The minimum Gasteiger partial charge on any atom is -0.590 e. The van der Waals surface area contributed by atoms with Crippen molar-refractivity contribution in [3.63, 3.8) is 0 Å². The SMILES string of the molecule is CN(C)c1ccc(C2=Nc3sc4cc(-c5ccc(C(F)(F)F)cc5)ccc4[n+]3[B-](F)(F)O2)cc1. The van der Waals surface area contributed by atoms with Gasteiger partial charge < -0.3 is 22.7 Å². The largest absolute Gasteiger partial charge is 0.737 e. The third kappa shape index (κ3) is 3.89. The van der Waals surface area contributed by atoms with E-state index in [0.29, 0.717) is 21.4 Å². The van der Waals surface area contributed by atoms with E-state index in [1.807, 2.05) is 19.0 Å². The molecule has 4 nitrogen and oxygen atoms in total. The highest BCUT2D eigenvalue weighted by Gasteiger charge is 2.49. The fourth-order valence-corrected chi connectivity index (χ4v) is 4.88. The maximum absolute atomic E-state index is 15.1. The second kappa shape index (κ2) is 7.80. The summed E-state index contributed by atoms with van der Waals surface area (Å²) in [6.07, 6.45) is -4.43. The number of fused-ring (bicyclic) bond motifs is 3. The van der Waals surface area contributed by atoms with E-state index in [4.69, 9.17) is 4.65 Å². The lowest BCUT2D eigenvalue weighted by Crippen LogP contribution is -2.62. The standard InChI is InChI=1S/C23H17BF5N3OS/c1-31(2)18-10-5-15(6-11-18)21-30-22-32(24(28,29)33-21)19-12-7-16(13-20(19)34-22)14-3-8-17(9-4-14)23(25,26)27/h3-13H,1-2H3. The Hall–Kier alpha value is -3.47. The molecule has 0 amide bonds. The molecule has 1 aromatic heterocycles. The molecule has 0 bridgehead atoms. The number of anilines is 1. The zero-order valence-corrected chi connectivity index (χ0v) is 18.8. The van der Waals surface area contributed by atoms with E-state index in [2.05, 4.69) is 4.99 Å². The Morgan fingerprint density at radius 2 is 1.50 bits per heavy atom. The van der Waals surface area contributed by atoms with Gasteiger partial charge >= 0.3 is 18.3 Å². The third-order valence-corrected chi connectivity index (χ3v) is 6.57. The van der Waals surface area contributed by atoms with Crippen molar-refractivity contribution in [3.8, 4) is 11.1 Å². The zero-order chi connectivity index (χ0) is 24.3. The number of aromatic nitrogens is 1. The van der Waals surface area contributed by atoms with Crippen LogP contribution in [0.15, 0.2) is 71.7 Å². The summed E-state index contributed by atoms with van der Waals surface area (Å²) < 4.78 is 75.1. The highest BCUT2D eigenvalue weighted by molar-refractivity contribution is 7.21. The van der Waals surface area contributed by atoms with Gasteiger partial charge in [0.15, 0.2) is 0 Å². The lowest BCUT2D eigenvalue weighted by atomic mass is 10.0. The first-order chi connectivity index (χ1) is 16.0. The van der Waals surface area contributed by atoms with Crippen LogP contribution >= 0.6 is 11.3 Å². The first-order valence-electron chi connectivity index (χ1n) is 10.3. The van der Waals surface area contributed by atoms with Crippen molar-refractivity contribution < 1.29 is 30.9 Å². The molecule has 0 atom stereocenters. The number of benzene rings is 3. The Kier molecular flexibility index (Phi) is 5.12. The topological polar surface area (TPSA) is 28.7 Å². The molecule has 11 heteroatoms. The molecule has 0 radical (unpaired) electrons. The fourth-order valence-electron chi connectivity index (χ4n) is 3.78. The maximum Gasteiger partial charge on any atom is 0.737 e. The highest BCUT2D eigenvalue weighted by atomic mass is 32.1. The monoisotopic (exact) mass is 489 g/mol. The Bertz CT molecular complexity index is 1410. The van der Waals surface area contributed by atoms with Gasteiger partial charge in [0, 0.05) is 24.8 Å². The van der Waals surface area contributed by atoms with Crippen LogP contribution < -0.4 is 9.38 Å². The molecule has 0 fully saturated rings. The fraction of sp³-hybridized carbons (Fsp3) is 0.130. The Morgan fingerprint density at radius 1 is 0.882 bits per heavy atom. The second-order valence-corrected chi connectivity index (χ2v) is 9.06. The van der Waals surface area contributed by atoms with Crippen LogP contribution in [0.25, 0.3) is 21.3 Å². The van der Waals surface area contributed by atoms with Gasteiger partial charge in [-0.15, -0.1) is 0 Å². The normalized spacial score (nSPS) is 15.0. The van der Waals surface area contributed by atoms with Gasteiger partial charge in [0.2, 0.25) is 0 Å². The Balaban J connectivity index is 1.55. The summed E-state index contributed by atoms with van der Waals surface area (Å²) in [6, 6.07) is 16.4. The first kappa shape index (κ1) is 22.3. The molecule has 2 heterocycles. The third-order valence-electron chi connectivity index (χ3n) is 5.55. The van der Waals surface area contributed by atoms with E-state index < -0.39 is 18.8 Å². The molecule has 34 heavy (non-hydrogen) atoms. The molecule has 1 aliphatic heterocycles. The van der Waals surface area contributed by atoms with Crippen molar-refractivity contribution in [1.82, 2.24) is 0 Å². The highest BCUT2D eigenvalue weighted by Crippen LogP contribution is 2.36. The summed E-state index contributed by atoms with van der Waals surface area (Å²) in [7, 11) is -0.682. The van der Waals surface area contributed by atoms with Gasteiger partial charge in [-0.2, -0.15) is 13.2 Å². The minimum absolute atomic E-state index is 0.0857. The van der Waals surface area contributed by atoms with Crippen LogP contribution in [0.2, 0.25) is 0 Å².